The summed E-state index contributed by atoms with van der Waals surface area (Å²) in [5.41, 5.74) is -0.608. The smallest absolute Gasteiger partial charge is 0.172 e. The van der Waals surface area contributed by atoms with Crippen molar-refractivity contribution in [2.75, 3.05) is 7.11 Å². The van der Waals surface area contributed by atoms with Crippen molar-refractivity contribution >= 4 is 5.78 Å². The van der Waals surface area contributed by atoms with E-state index in [2.05, 4.69) is 17.0 Å². The van der Waals surface area contributed by atoms with Crippen LogP contribution in [0.5, 0.6) is 0 Å². The van der Waals surface area contributed by atoms with Crippen LogP contribution in [-0.4, -0.2) is 33.3 Å². The molecular formula is C13H21N3O2. The van der Waals surface area contributed by atoms with Gasteiger partial charge in [0.05, 0.1) is 6.42 Å². The highest BCUT2D eigenvalue weighted by Gasteiger charge is 2.41. The first-order chi connectivity index (χ1) is 8.57. The number of aromatic nitrogens is 3. The standard InChI is InChI=1S/C13H21N3O2/c1-10-5-4-6-13(8-10,18-3)11(17)7-12-14-9-15-16(12)2/h9-10H,4-8H2,1-3H3. The maximum atomic E-state index is 12.5. The minimum Gasteiger partial charge on any atom is -0.370 e. The molecule has 1 aliphatic carbocycles. The van der Waals surface area contributed by atoms with Crippen molar-refractivity contribution in [3.05, 3.63) is 12.2 Å². The first-order valence-electron chi connectivity index (χ1n) is 6.49. The van der Waals surface area contributed by atoms with Crippen LogP contribution in [0.15, 0.2) is 6.33 Å². The van der Waals surface area contributed by atoms with Gasteiger partial charge in [-0.15, -0.1) is 0 Å². The van der Waals surface area contributed by atoms with Crippen molar-refractivity contribution in [1.29, 1.82) is 0 Å². The van der Waals surface area contributed by atoms with E-state index in [1.54, 1.807) is 18.8 Å². The molecule has 0 N–H and O–H groups in total. The Kier molecular flexibility index (Phi) is 3.80. The van der Waals surface area contributed by atoms with Crippen LogP contribution in [0, 0.1) is 5.92 Å². The van der Waals surface area contributed by atoms with Gasteiger partial charge in [0.25, 0.3) is 0 Å². The van der Waals surface area contributed by atoms with Gasteiger partial charge in [-0.2, -0.15) is 5.10 Å². The molecule has 0 aromatic carbocycles. The molecule has 2 atom stereocenters. The Morgan fingerprint density at radius 1 is 1.67 bits per heavy atom. The number of nitrogens with zero attached hydrogens (tertiary/aromatic N) is 3. The van der Waals surface area contributed by atoms with E-state index in [4.69, 9.17) is 4.74 Å². The molecule has 0 saturated heterocycles. The molecular weight excluding hydrogens is 230 g/mol. The van der Waals surface area contributed by atoms with Crippen LogP contribution < -0.4 is 0 Å². The van der Waals surface area contributed by atoms with Crippen molar-refractivity contribution in [3.63, 3.8) is 0 Å². The van der Waals surface area contributed by atoms with Crippen molar-refractivity contribution < 1.29 is 9.53 Å². The second kappa shape index (κ2) is 5.18. The Morgan fingerprint density at radius 3 is 3.00 bits per heavy atom. The van der Waals surface area contributed by atoms with Crippen LogP contribution in [-0.2, 0) is 23.0 Å². The van der Waals surface area contributed by atoms with E-state index in [0.717, 1.165) is 19.3 Å². The molecule has 1 saturated carbocycles. The van der Waals surface area contributed by atoms with E-state index in [0.29, 0.717) is 18.2 Å². The van der Waals surface area contributed by atoms with Gasteiger partial charge in [-0.25, -0.2) is 4.98 Å². The number of hydrogen-bond acceptors (Lipinski definition) is 4. The van der Waals surface area contributed by atoms with E-state index >= 15 is 0 Å². The molecule has 0 aliphatic heterocycles. The Bertz CT molecular complexity index is 430. The molecule has 5 nitrogen and oxygen atoms in total. The van der Waals surface area contributed by atoms with Gasteiger partial charge in [-0.3, -0.25) is 9.48 Å². The molecule has 1 aromatic rings. The summed E-state index contributed by atoms with van der Waals surface area (Å²) >= 11 is 0. The molecule has 0 bridgehead atoms. The second-order valence-corrected chi connectivity index (χ2v) is 5.30. The largest absolute Gasteiger partial charge is 0.370 e. The third-order valence-corrected chi connectivity index (χ3v) is 3.98. The van der Waals surface area contributed by atoms with E-state index in [1.807, 2.05) is 0 Å². The van der Waals surface area contributed by atoms with Gasteiger partial charge in [-0.05, 0) is 25.2 Å². The highest BCUT2D eigenvalue weighted by atomic mass is 16.5. The quantitative estimate of drug-likeness (QED) is 0.814. The number of carbonyl (C=O) groups excluding carboxylic acids is 1. The third-order valence-electron chi connectivity index (χ3n) is 3.98. The maximum absolute atomic E-state index is 12.5. The van der Waals surface area contributed by atoms with Gasteiger partial charge >= 0.3 is 0 Å². The molecule has 0 spiro atoms. The van der Waals surface area contributed by atoms with Crippen LogP contribution in [0.4, 0.5) is 0 Å². The molecule has 0 radical (unpaired) electrons. The maximum Gasteiger partial charge on any atom is 0.172 e. The molecule has 1 aromatic heterocycles. The number of Topliss-reactive ketones (excluding diaryl/α,β-unsaturated/α-hetero) is 1. The molecule has 1 aliphatic rings. The van der Waals surface area contributed by atoms with E-state index in [-0.39, 0.29) is 5.78 Å². The van der Waals surface area contributed by atoms with Gasteiger partial charge in [0, 0.05) is 14.2 Å². The molecule has 0 amide bonds. The van der Waals surface area contributed by atoms with Crippen LogP contribution in [0.1, 0.15) is 38.4 Å². The summed E-state index contributed by atoms with van der Waals surface area (Å²) in [7, 11) is 3.45. The fraction of sp³-hybridized carbons (Fsp3) is 0.769. The lowest BCUT2D eigenvalue weighted by Crippen LogP contribution is -2.45. The lowest BCUT2D eigenvalue weighted by Gasteiger charge is -2.37. The second-order valence-electron chi connectivity index (χ2n) is 5.30. The number of ether oxygens (including phenoxy) is 1. The Labute approximate surface area is 108 Å². The summed E-state index contributed by atoms with van der Waals surface area (Å²) in [5.74, 6) is 1.38. The monoisotopic (exact) mass is 251 g/mol. The predicted octanol–water partition coefficient (Wildman–Crippen LogP) is 1.52. The molecule has 2 rings (SSSR count). The topological polar surface area (TPSA) is 57.0 Å². The van der Waals surface area contributed by atoms with E-state index in [1.165, 1.54) is 12.7 Å². The third kappa shape index (κ3) is 2.46. The minimum absolute atomic E-state index is 0.132. The van der Waals surface area contributed by atoms with Gasteiger partial charge in [-0.1, -0.05) is 13.3 Å². The molecule has 1 fully saturated rings. The normalized spacial score (nSPS) is 28.3. The first-order valence-corrected chi connectivity index (χ1v) is 6.49. The molecule has 1 heterocycles. The number of hydrogen-bond donors (Lipinski definition) is 0. The van der Waals surface area contributed by atoms with Gasteiger partial charge in [0.15, 0.2) is 5.78 Å². The lowest BCUT2D eigenvalue weighted by molar-refractivity contribution is -0.146. The highest BCUT2D eigenvalue weighted by Crippen LogP contribution is 2.36. The summed E-state index contributed by atoms with van der Waals surface area (Å²) in [6.45, 7) is 2.18. The van der Waals surface area contributed by atoms with Crippen LogP contribution in [0.2, 0.25) is 0 Å². The van der Waals surface area contributed by atoms with Crippen molar-refractivity contribution in [1.82, 2.24) is 14.8 Å². The van der Waals surface area contributed by atoms with Crippen molar-refractivity contribution in [2.24, 2.45) is 13.0 Å². The van der Waals surface area contributed by atoms with Gasteiger partial charge in [0.1, 0.15) is 17.8 Å². The van der Waals surface area contributed by atoms with Crippen LogP contribution >= 0.6 is 0 Å². The number of methoxy groups -OCH3 is 1. The Hall–Kier alpha value is -1.23. The summed E-state index contributed by atoms with van der Waals surface area (Å²) in [4.78, 5) is 16.6. The number of aryl methyl sites for hydroxylation is 1. The Morgan fingerprint density at radius 2 is 2.44 bits per heavy atom. The number of ketones is 1. The van der Waals surface area contributed by atoms with Crippen molar-refractivity contribution in [3.8, 4) is 0 Å². The number of carbonyl (C=O) groups is 1. The molecule has 18 heavy (non-hydrogen) atoms. The number of rotatable bonds is 4. The summed E-state index contributed by atoms with van der Waals surface area (Å²) in [5, 5.41) is 3.99. The summed E-state index contributed by atoms with van der Waals surface area (Å²) in [6.07, 6.45) is 5.66. The van der Waals surface area contributed by atoms with Crippen LogP contribution in [0.25, 0.3) is 0 Å². The zero-order valence-electron chi connectivity index (χ0n) is 11.3. The Balaban J connectivity index is 2.12. The zero-order valence-corrected chi connectivity index (χ0v) is 11.3. The highest BCUT2D eigenvalue weighted by molar-refractivity contribution is 5.88. The molecule has 2 unspecified atom stereocenters. The van der Waals surface area contributed by atoms with E-state index in [9.17, 15) is 4.79 Å². The molecule has 100 valence electrons. The average Bonchev–Trinajstić information content (AvgIpc) is 2.75. The summed E-state index contributed by atoms with van der Waals surface area (Å²) in [6, 6.07) is 0. The SMILES string of the molecule is COC1(C(=O)Cc2ncnn2C)CCCC(C)C1. The van der Waals surface area contributed by atoms with Crippen LogP contribution in [0.3, 0.4) is 0 Å². The fourth-order valence-corrected chi connectivity index (χ4v) is 2.84. The van der Waals surface area contributed by atoms with Crippen molar-refractivity contribution in [2.45, 2.75) is 44.6 Å². The summed E-state index contributed by atoms with van der Waals surface area (Å²) < 4.78 is 7.24. The average molecular weight is 251 g/mol. The minimum atomic E-state index is -0.608. The van der Waals surface area contributed by atoms with Gasteiger partial charge < -0.3 is 4.74 Å². The zero-order chi connectivity index (χ0) is 13.2. The predicted molar refractivity (Wildman–Crippen MR) is 67.1 cm³/mol. The molecule has 5 heteroatoms. The van der Waals surface area contributed by atoms with Gasteiger partial charge in [0.2, 0.25) is 0 Å². The fourth-order valence-electron chi connectivity index (χ4n) is 2.84. The lowest BCUT2D eigenvalue weighted by atomic mass is 9.75. The first kappa shape index (κ1) is 13.2. The van der Waals surface area contributed by atoms with E-state index < -0.39 is 5.60 Å².